The number of aromatic nitrogens is 1. The molecule has 0 aromatic carbocycles. The average molecular weight is 311 g/mol. The summed E-state index contributed by atoms with van der Waals surface area (Å²) in [7, 11) is -3.50. The lowest BCUT2D eigenvalue weighted by Crippen LogP contribution is -2.26. The fraction of sp³-hybridized carbons (Fsp3) is 0.308. The van der Waals surface area contributed by atoms with Gasteiger partial charge in [0.25, 0.3) is 10.0 Å². The monoisotopic (exact) mass is 311 g/mol. The molecule has 0 fully saturated rings. The molecule has 2 aromatic rings. The van der Waals surface area contributed by atoms with Gasteiger partial charge in [0.15, 0.2) is 0 Å². The second kappa shape index (κ2) is 6.45. The molecule has 2 rings (SSSR count). The molecule has 0 spiro atoms. The first-order valence-corrected chi connectivity index (χ1v) is 8.54. The molecule has 0 radical (unpaired) electrons. The number of nitrogens with zero attached hydrogens (tertiary/aromatic N) is 1. The van der Waals surface area contributed by atoms with Gasteiger partial charge in [-0.15, -0.1) is 11.3 Å². The van der Waals surface area contributed by atoms with Crippen molar-refractivity contribution >= 4 is 21.4 Å². The Kier molecular flexibility index (Phi) is 4.87. The van der Waals surface area contributed by atoms with Crippen LogP contribution >= 0.6 is 11.3 Å². The Morgan fingerprint density at radius 2 is 2.00 bits per heavy atom. The van der Waals surface area contributed by atoms with Crippen LogP contribution in [-0.4, -0.2) is 19.9 Å². The third-order valence-electron chi connectivity index (χ3n) is 2.83. The van der Waals surface area contributed by atoms with Crippen LogP contribution in [0.25, 0.3) is 0 Å². The predicted molar refractivity (Wildman–Crippen MR) is 80.1 cm³/mol. The van der Waals surface area contributed by atoms with Crippen LogP contribution in [0, 0.1) is 0 Å². The SMILES string of the molecule is CC(NS(=O)(=O)c1ccc(CCN)s1)c1ccncc1. The van der Waals surface area contributed by atoms with E-state index in [0.29, 0.717) is 17.2 Å². The van der Waals surface area contributed by atoms with Gasteiger partial charge in [0.05, 0.1) is 0 Å². The molecule has 2 heterocycles. The average Bonchev–Trinajstić information content (AvgIpc) is 2.89. The van der Waals surface area contributed by atoms with E-state index in [9.17, 15) is 8.42 Å². The van der Waals surface area contributed by atoms with E-state index in [0.717, 1.165) is 10.4 Å². The Morgan fingerprint density at radius 3 is 2.65 bits per heavy atom. The van der Waals surface area contributed by atoms with E-state index < -0.39 is 10.0 Å². The Bertz CT molecular complexity index is 653. The van der Waals surface area contributed by atoms with Crippen molar-refractivity contribution in [3.8, 4) is 0 Å². The first kappa shape index (κ1) is 15.1. The van der Waals surface area contributed by atoms with E-state index in [-0.39, 0.29) is 6.04 Å². The van der Waals surface area contributed by atoms with Crippen LogP contribution in [0.1, 0.15) is 23.4 Å². The molecule has 2 aromatic heterocycles. The lowest BCUT2D eigenvalue weighted by atomic mass is 10.1. The molecule has 3 N–H and O–H groups in total. The van der Waals surface area contributed by atoms with Gasteiger partial charge < -0.3 is 5.73 Å². The zero-order valence-corrected chi connectivity index (χ0v) is 12.7. The lowest BCUT2D eigenvalue weighted by Gasteiger charge is -2.13. The molecule has 1 atom stereocenters. The van der Waals surface area contributed by atoms with Crippen molar-refractivity contribution in [3.63, 3.8) is 0 Å². The zero-order valence-electron chi connectivity index (χ0n) is 11.1. The molecule has 0 saturated carbocycles. The van der Waals surface area contributed by atoms with Crippen LogP contribution in [0.4, 0.5) is 0 Å². The van der Waals surface area contributed by atoms with Gasteiger partial charge in [-0.3, -0.25) is 4.98 Å². The number of hydrogen-bond acceptors (Lipinski definition) is 5. The van der Waals surface area contributed by atoms with Gasteiger partial charge in [0.1, 0.15) is 4.21 Å². The first-order valence-electron chi connectivity index (χ1n) is 6.24. The highest BCUT2D eigenvalue weighted by Crippen LogP contribution is 2.23. The van der Waals surface area contributed by atoms with Crippen molar-refractivity contribution in [2.75, 3.05) is 6.54 Å². The maximum absolute atomic E-state index is 12.3. The molecule has 0 saturated heterocycles. The highest BCUT2D eigenvalue weighted by Gasteiger charge is 2.20. The van der Waals surface area contributed by atoms with Gasteiger partial charge in [-0.2, -0.15) is 0 Å². The number of sulfonamides is 1. The van der Waals surface area contributed by atoms with Crippen LogP contribution in [0.3, 0.4) is 0 Å². The normalized spacial score (nSPS) is 13.3. The minimum Gasteiger partial charge on any atom is -0.330 e. The highest BCUT2D eigenvalue weighted by molar-refractivity contribution is 7.91. The van der Waals surface area contributed by atoms with Crippen molar-refractivity contribution in [1.82, 2.24) is 9.71 Å². The van der Waals surface area contributed by atoms with Crippen molar-refractivity contribution < 1.29 is 8.42 Å². The van der Waals surface area contributed by atoms with E-state index in [4.69, 9.17) is 5.73 Å². The fourth-order valence-electron chi connectivity index (χ4n) is 1.79. The number of rotatable bonds is 6. The summed E-state index contributed by atoms with van der Waals surface area (Å²) in [5.74, 6) is 0. The van der Waals surface area contributed by atoms with Gasteiger partial charge in [0, 0.05) is 23.3 Å². The smallest absolute Gasteiger partial charge is 0.250 e. The van der Waals surface area contributed by atoms with Gasteiger partial charge >= 0.3 is 0 Å². The van der Waals surface area contributed by atoms with Gasteiger partial charge in [0.2, 0.25) is 0 Å². The topological polar surface area (TPSA) is 85.1 Å². The van der Waals surface area contributed by atoms with Crippen molar-refractivity contribution in [3.05, 3.63) is 47.1 Å². The molecule has 0 aliphatic rings. The molecule has 0 aliphatic heterocycles. The quantitative estimate of drug-likeness (QED) is 0.850. The largest absolute Gasteiger partial charge is 0.330 e. The van der Waals surface area contributed by atoms with Gasteiger partial charge in [-0.25, -0.2) is 13.1 Å². The van der Waals surface area contributed by atoms with Gasteiger partial charge in [-0.1, -0.05) is 0 Å². The first-order chi connectivity index (χ1) is 9.53. The molecule has 7 heteroatoms. The summed E-state index contributed by atoms with van der Waals surface area (Å²) in [5, 5.41) is 0. The van der Waals surface area contributed by atoms with E-state index in [2.05, 4.69) is 9.71 Å². The fourth-order valence-corrected chi connectivity index (χ4v) is 4.41. The zero-order chi connectivity index (χ0) is 14.6. The number of hydrogen-bond donors (Lipinski definition) is 2. The summed E-state index contributed by atoms with van der Waals surface area (Å²) < 4.78 is 27.6. The third kappa shape index (κ3) is 3.63. The highest BCUT2D eigenvalue weighted by atomic mass is 32.2. The second-order valence-corrected chi connectivity index (χ2v) is 7.49. The molecule has 0 aliphatic carbocycles. The van der Waals surface area contributed by atoms with E-state index in [1.807, 2.05) is 6.07 Å². The summed E-state index contributed by atoms with van der Waals surface area (Å²) in [6.07, 6.45) is 3.98. The van der Waals surface area contributed by atoms with E-state index in [1.54, 1.807) is 37.5 Å². The second-order valence-electron chi connectivity index (χ2n) is 4.38. The van der Waals surface area contributed by atoms with Crippen LogP contribution in [0.15, 0.2) is 40.9 Å². The molecule has 0 amide bonds. The van der Waals surface area contributed by atoms with Crippen LogP contribution in [-0.2, 0) is 16.4 Å². The Balaban J connectivity index is 2.14. The minimum atomic E-state index is -3.50. The van der Waals surface area contributed by atoms with Crippen molar-refractivity contribution in [2.24, 2.45) is 5.73 Å². The standard InChI is InChI=1S/C13H17N3O2S2/c1-10(11-5-8-15-9-6-11)16-20(17,18)13-3-2-12(19-13)4-7-14/h2-3,5-6,8-10,16H,4,7,14H2,1H3. The van der Waals surface area contributed by atoms with Crippen LogP contribution < -0.4 is 10.5 Å². The van der Waals surface area contributed by atoms with Crippen LogP contribution in [0.5, 0.6) is 0 Å². The Hall–Kier alpha value is -1.28. The molecule has 1 unspecified atom stereocenters. The van der Waals surface area contributed by atoms with Gasteiger partial charge in [-0.05, 0) is 49.7 Å². The predicted octanol–water partition coefficient (Wildman–Crippen LogP) is 1.68. The maximum Gasteiger partial charge on any atom is 0.250 e. The number of thiophene rings is 1. The molecular formula is C13H17N3O2S2. The van der Waals surface area contributed by atoms with Crippen molar-refractivity contribution in [2.45, 2.75) is 23.6 Å². The summed E-state index contributed by atoms with van der Waals surface area (Å²) in [6, 6.07) is 6.71. The Labute approximate surface area is 122 Å². The molecule has 20 heavy (non-hydrogen) atoms. The van der Waals surface area contributed by atoms with E-state index in [1.165, 1.54) is 11.3 Å². The van der Waals surface area contributed by atoms with Crippen LogP contribution in [0.2, 0.25) is 0 Å². The summed E-state index contributed by atoms with van der Waals surface area (Å²) >= 11 is 1.26. The molecule has 108 valence electrons. The molecule has 0 bridgehead atoms. The minimum absolute atomic E-state index is 0.303. The third-order valence-corrected chi connectivity index (χ3v) is 6.01. The summed E-state index contributed by atoms with van der Waals surface area (Å²) in [6.45, 7) is 2.32. The Morgan fingerprint density at radius 1 is 1.30 bits per heavy atom. The van der Waals surface area contributed by atoms with E-state index >= 15 is 0 Å². The van der Waals surface area contributed by atoms with Crippen molar-refractivity contribution in [1.29, 1.82) is 0 Å². The molecular weight excluding hydrogens is 294 g/mol. The molecule has 5 nitrogen and oxygen atoms in total. The summed E-state index contributed by atoms with van der Waals surface area (Å²) in [5.41, 5.74) is 6.35. The number of nitrogens with two attached hydrogens (primary N) is 1. The number of pyridine rings is 1. The maximum atomic E-state index is 12.3. The summed E-state index contributed by atoms with van der Waals surface area (Å²) in [4.78, 5) is 4.90. The lowest BCUT2D eigenvalue weighted by molar-refractivity contribution is 0.569. The number of nitrogens with one attached hydrogen (secondary N) is 1.